The van der Waals surface area contributed by atoms with Crippen LogP contribution in [0.15, 0.2) is 18.2 Å². The van der Waals surface area contributed by atoms with Crippen molar-refractivity contribution in [2.24, 2.45) is 11.7 Å². The fourth-order valence-electron chi connectivity index (χ4n) is 4.22. The zero-order valence-corrected chi connectivity index (χ0v) is 14.5. The standard InChI is InChI=1S/C19H29N3O2/c20-16-6-4-15(5-7-16)8-9-21-10-12-22(13-11-21)17-2-1-3-18-19(17)24-14-23-18/h1-3,15-16H,4-14,20H2. The lowest BCUT2D eigenvalue weighted by molar-refractivity contribution is 0.173. The Hall–Kier alpha value is -1.46. The summed E-state index contributed by atoms with van der Waals surface area (Å²) in [6.45, 7) is 5.98. The van der Waals surface area contributed by atoms with Crippen LogP contribution in [-0.2, 0) is 0 Å². The molecule has 2 heterocycles. The van der Waals surface area contributed by atoms with Gasteiger partial charge in [0.1, 0.15) is 0 Å². The molecule has 24 heavy (non-hydrogen) atoms. The van der Waals surface area contributed by atoms with Crippen LogP contribution in [0.3, 0.4) is 0 Å². The summed E-state index contributed by atoms with van der Waals surface area (Å²) >= 11 is 0. The minimum absolute atomic E-state index is 0.345. The summed E-state index contributed by atoms with van der Waals surface area (Å²) in [5.74, 6) is 2.70. The van der Waals surface area contributed by atoms with Crippen molar-refractivity contribution in [2.75, 3.05) is 44.4 Å². The highest BCUT2D eigenvalue weighted by Crippen LogP contribution is 2.41. The van der Waals surface area contributed by atoms with Crippen LogP contribution in [0, 0.1) is 5.92 Å². The number of fused-ring (bicyclic) bond motifs is 1. The highest BCUT2D eigenvalue weighted by molar-refractivity contribution is 5.65. The average molecular weight is 331 g/mol. The molecule has 0 spiro atoms. The molecule has 1 aliphatic carbocycles. The van der Waals surface area contributed by atoms with E-state index in [1.165, 1.54) is 44.3 Å². The van der Waals surface area contributed by atoms with E-state index in [2.05, 4.69) is 21.9 Å². The lowest BCUT2D eigenvalue weighted by atomic mass is 9.84. The van der Waals surface area contributed by atoms with Crippen molar-refractivity contribution in [3.63, 3.8) is 0 Å². The maximum Gasteiger partial charge on any atom is 0.231 e. The van der Waals surface area contributed by atoms with Crippen molar-refractivity contribution >= 4 is 5.69 Å². The van der Waals surface area contributed by atoms with Gasteiger partial charge < -0.3 is 20.1 Å². The zero-order chi connectivity index (χ0) is 16.4. The second kappa shape index (κ2) is 7.19. The zero-order valence-electron chi connectivity index (χ0n) is 14.5. The molecule has 0 atom stereocenters. The molecule has 1 saturated carbocycles. The SMILES string of the molecule is NC1CCC(CCN2CCN(c3cccc4c3OCO4)CC2)CC1. The lowest BCUT2D eigenvalue weighted by Crippen LogP contribution is -2.47. The molecule has 2 aliphatic heterocycles. The molecule has 3 aliphatic rings. The predicted octanol–water partition coefficient (Wildman–Crippen LogP) is 2.44. The number of rotatable bonds is 4. The van der Waals surface area contributed by atoms with E-state index in [0.29, 0.717) is 12.8 Å². The number of piperazine rings is 1. The number of hydrogen-bond acceptors (Lipinski definition) is 5. The Labute approximate surface area is 144 Å². The summed E-state index contributed by atoms with van der Waals surface area (Å²) in [4.78, 5) is 5.05. The second-order valence-electron chi connectivity index (χ2n) is 7.41. The highest BCUT2D eigenvalue weighted by atomic mass is 16.7. The van der Waals surface area contributed by atoms with Crippen molar-refractivity contribution in [3.05, 3.63) is 18.2 Å². The van der Waals surface area contributed by atoms with Gasteiger partial charge in [-0.25, -0.2) is 0 Å². The molecule has 0 unspecified atom stereocenters. The smallest absolute Gasteiger partial charge is 0.231 e. The first-order chi connectivity index (χ1) is 11.8. The van der Waals surface area contributed by atoms with Gasteiger partial charge in [-0.3, -0.25) is 4.90 Å². The summed E-state index contributed by atoms with van der Waals surface area (Å²) in [5, 5.41) is 0. The van der Waals surface area contributed by atoms with Crippen LogP contribution in [0.5, 0.6) is 11.5 Å². The largest absolute Gasteiger partial charge is 0.454 e. The van der Waals surface area contributed by atoms with Gasteiger partial charge in [-0.1, -0.05) is 6.07 Å². The summed E-state index contributed by atoms with van der Waals surface area (Å²) in [7, 11) is 0. The molecule has 4 rings (SSSR count). The number of para-hydroxylation sites is 1. The summed E-state index contributed by atoms with van der Waals surface area (Å²) in [6.07, 6.45) is 6.44. The Kier molecular flexibility index (Phi) is 4.81. The van der Waals surface area contributed by atoms with Gasteiger partial charge in [0.25, 0.3) is 0 Å². The molecular formula is C19H29N3O2. The van der Waals surface area contributed by atoms with Crippen LogP contribution >= 0.6 is 0 Å². The predicted molar refractivity (Wildman–Crippen MR) is 95.8 cm³/mol. The van der Waals surface area contributed by atoms with Crippen molar-refractivity contribution in [2.45, 2.75) is 38.1 Å². The average Bonchev–Trinajstić information content (AvgIpc) is 3.10. The Balaban J connectivity index is 1.26. The van der Waals surface area contributed by atoms with Crippen LogP contribution in [0.1, 0.15) is 32.1 Å². The number of hydrogen-bond donors (Lipinski definition) is 1. The van der Waals surface area contributed by atoms with Crippen molar-refractivity contribution < 1.29 is 9.47 Å². The summed E-state index contributed by atoms with van der Waals surface area (Å²) < 4.78 is 11.2. The second-order valence-corrected chi connectivity index (χ2v) is 7.41. The van der Waals surface area contributed by atoms with E-state index < -0.39 is 0 Å². The van der Waals surface area contributed by atoms with Gasteiger partial charge in [0, 0.05) is 32.2 Å². The fourth-order valence-corrected chi connectivity index (χ4v) is 4.22. The molecule has 0 aromatic heterocycles. The quantitative estimate of drug-likeness (QED) is 0.918. The molecular weight excluding hydrogens is 302 g/mol. The first kappa shape index (κ1) is 16.0. The Morgan fingerprint density at radius 2 is 1.79 bits per heavy atom. The van der Waals surface area contributed by atoms with Crippen LogP contribution in [0.25, 0.3) is 0 Å². The number of nitrogens with zero attached hydrogens (tertiary/aromatic N) is 2. The highest BCUT2D eigenvalue weighted by Gasteiger charge is 2.25. The fraction of sp³-hybridized carbons (Fsp3) is 0.684. The Morgan fingerprint density at radius 1 is 1.00 bits per heavy atom. The van der Waals surface area contributed by atoms with E-state index in [1.54, 1.807) is 0 Å². The van der Waals surface area contributed by atoms with E-state index in [9.17, 15) is 0 Å². The number of nitrogens with two attached hydrogens (primary N) is 1. The molecule has 132 valence electrons. The monoisotopic (exact) mass is 331 g/mol. The van der Waals surface area contributed by atoms with Crippen LogP contribution in [-0.4, -0.2) is 50.5 Å². The minimum Gasteiger partial charge on any atom is -0.454 e. The van der Waals surface area contributed by atoms with E-state index in [4.69, 9.17) is 15.2 Å². The topological polar surface area (TPSA) is 51.0 Å². The van der Waals surface area contributed by atoms with Gasteiger partial charge in [-0.2, -0.15) is 0 Å². The van der Waals surface area contributed by atoms with E-state index in [0.717, 1.165) is 43.6 Å². The first-order valence-electron chi connectivity index (χ1n) is 9.41. The maximum atomic E-state index is 6.01. The molecule has 5 heteroatoms. The molecule has 1 aromatic carbocycles. The lowest BCUT2D eigenvalue weighted by Gasteiger charge is -2.37. The third kappa shape index (κ3) is 3.47. The third-order valence-electron chi connectivity index (χ3n) is 5.83. The molecule has 0 bridgehead atoms. The Bertz CT molecular complexity index is 550. The van der Waals surface area contributed by atoms with Crippen LogP contribution in [0.2, 0.25) is 0 Å². The normalized spacial score (nSPS) is 27.5. The number of anilines is 1. The number of ether oxygens (including phenoxy) is 2. The Morgan fingerprint density at radius 3 is 2.58 bits per heavy atom. The van der Waals surface area contributed by atoms with E-state index in [-0.39, 0.29) is 0 Å². The molecule has 0 amide bonds. The van der Waals surface area contributed by atoms with Crippen LogP contribution < -0.4 is 20.1 Å². The van der Waals surface area contributed by atoms with Gasteiger partial charge in [0.15, 0.2) is 11.5 Å². The molecule has 1 aromatic rings. The van der Waals surface area contributed by atoms with E-state index >= 15 is 0 Å². The first-order valence-corrected chi connectivity index (χ1v) is 9.41. The van der Waals surface area contributed by atoms with Gasteiger partial charge in [0.2, 0.25) is 6.79 Å². The van der Waals surface area contributed by atoms with Crippen molar-refractivity contribution in [1.29, 1.82) is 0 Å². The van der Waals surface area contributed by atoms with Crippen molar-refractivity contribution in [3.8, 4) is 11.5 Å². The van der Waals surface area contributed by atoms with E-state index in [1.807, 2.05) is 6.07 Å². The van der Waals surface area contributed by atoms with Gasteiger partial charge in [-0.15, -0.1) is 0 Å². The third-order valence-corrected chi connectivity index (χ3v) is 5.83. The van der Waals surface area contributed by atoms with Crippen molar-refractivity contribution in [1.82, 2.24) is 4.90 Å². The summed E-state index contributed by atoms with van der Waals surface area (Å²) in [5.41, 5.74) is 7.20. The van der Waals surface area contributed by atoms with Gasteiger partial charge in [0.05, 0.1) is 5.69 Å². The molecule has 0 radical (unpaired) electrons. The number of benzene rings is 1. The molecule has 2 fully saturated rings. The molecule has 5 nitrogen and oxygen atoms in total. The minimum atomic E-state index is 0.345. The van der Waals surface area contributed by atoms with Gasteiger partial charge in [-0.05, 0) is 56.7 Å². The molecule has 1 saturated heterocycles. The maximum absolute atomic E-state index is 6.01. The summed E-state index contributed by atoms with van der Waals surface area (Å²) in [6, 6.07) is 6.65. The van der Waals surface area contributed by atoms with Gasteiger partial charge >= 0.3 is 0 Å². The van der Waals surface area contributed by atoms with Crippen LogP contribution in [0.4, 0.5) is 5.69 Å². The molecule has 2 N–H and O–H groups in total.